The largest absolute Gasteiger partial charge is 0.481 e. The lowest BCUT2D eigenvalue weighted by atomic mass is 10.1. The summed E-state index contributed by atoms with van der Waals surface area (Å²) in [6.45, 7) is 2.03. The smallest absolute Gasteiger partial charge is 0.414 e. The highest BCUT2D eigenvalue weighted by Crippen LogP contribution is 2.29. The molecule has 148 valence electrons. The van der Waals surface area contributed by atoms with Crippen molar-refractivity contribution in [3.63, 3.8) is 0 Å². The number of amides is 1. The number of aliphatic carboxylic acids is 1. The van der Waals surface area contributed by atoms with E-state index in [2.05, 4.69) is 4.90 Å². The maximum absolute atomic E-state index is 14.7. The lowest BCUT2D eigenvalue weighted by molar-refractivity contribution is -0.137. The summed E-state index contributed by atoms with van der Waals surface area (Å²) in [4.78, 5) is 26.2. The second-order valence-electron chi connectivity index (χ2n) is 6.84. The molecule has 0 aromatic heterocycles. The third kappa shape index (κ3) is 5.28. The van der Waals surface area contributed by atoms with Crippen molar-refractivity contribution in [1.29, 1.82) is 0 Å². The van der Waals surface area contributed by atoms with Crippen LogP contribution in [-0.2, 0) is 9.53 Å². The van der Waals surface area contributed by atoms with Gasteiger partial charge >= 0.3 is 12.1 Å². The quantitative estimate of drug-likeness (QED) is 0.708. The molecule has 6 nitrogen and oxygen atoms in total. The van der Waals surface area contributed by atoms with E-state index in [1.807, 2.05) is 11.8 Å². The summed E-state index contributed by atoms with van der Waals surface area (Å²) in [5, 5.41) is 8.66. The number of anilines is 2. The minimum atomic E-state index is -0.821. The molecule has 2 heterocycles. The first kappa shape index (κ1) is 19.8. The van der Waals surface area contributed by atoms with Crippen LogP contribution in [0.1, 0.15) is 32.1 Å². The normalized spacial score (nSPS) is 20.5. The first-order valence-corrected chi connectivity index (χ1v) is 10.5. The molecule has 0 unspecified atom stereocenters. The third-order valence-electron chi connectivity index (χ3n) is 4.85. The van der Waals surface area contributed by atoms with Gasteiger partial charge in [-0.25, -0.2) is 9.18 Å². The Kier molecular flexibility index (Phi) is 6.82. The molecule has 0 bridgehead atoms. The van der Waals surface area contributed by atoms with Gasteiger partial charge in [0.25, 0.3) is 0 Å². The summed E-state index contributed by atoms with van der Waals surface area (Å²) in [6.07, 6.45) is 2.24. The maximum atomic E-state index is 14.7. The van der Waals surface area contributed by atoms with Crippen molar-refractivity contribution >= 4 is 35.2 Å². The first-order valence-electron chi connectivity index (χ1n) is 9.37. The number of ether oxygens (including phenoxy) is 1. The molecule has 1 N–H and O–H groups in total. The van der Waals surface area contributed by atoms with Crippen LogP contribution in [0.15, 0.2) is 18.2 Å². The molecule has 2 aliphatic heterocycles. The molecule has 0 radical (unpaired) electrons. The Morgan fingerprint density at radius 3 is 2.93 bits per heavy atom. The number of carbonyl (C=O) groups excluding carboxylic acids is 1. The molecule has 2 aliphatic rings. The van der Waals surface area contributed by atoms with Crippen molar-refractivity contribution in [3.8, 4) is 0 Å². The average molecular weight is 396 g/mol. The van der Waals surface area contributed by atoms with Gasteiger partial charge < -0.3 is 14.7 Å². The number of benzene rings is 1. The molecule has 0 aliphatic carbocycles. The topological polar surface area (TPSA) is 70.1 Å². The number of cyclic esters (lactones) is 1. The third-order valence-corrected chi connectivity index (χ3v) is 5.90. The Hall–Kier alpha value is -1.96. The van der Waals surface area contributed by atoms with E-state index in [9.17, 15) is 14.0 Å². The lowest BCUT2D eigenvalue weighted by Crippen LogP contribution is -2.27. The molecule has 1 atom stereocenters. The summed E-state index contributed by atoms with van der Waals surface area (Å²) in [6, 6.07) is 4.92. The van der Waals surface area contributed by atoms with Crippen molar-refractivity contribution in [3.05, 3.63) is 24.0 Å². The van der Waals surface area contributed by atoms with Crippen molar-refractivity contribution < 1.29 is 23.8 Å². The van der Waals surface area contributed by atoms with E-state index in [0.29, 0.717) is 37.2 Å². The summed E-state index contributed by atoms with van der Waals surface area (Å²) in [5.41, 5.74) is 1.08. The van der Waals surface area contributed by atoms with E-state index >= 15 is 0 Å². The fraction of sp³-hybridized carbons (Fsp3) is 0.579. The van der Waals surface area contributed by atoms with Crippen LogP contribution in [0.3, 0.4) is 0 Å². The molecule has 8 heteroatoms. The standard InChI is InChI=1S/C19H25FN2O4S/c20-16-12-14(6-7-17(16)21-8-3-10-27-11-9-21)22-13-15(26-19(22)25)4-1-2-5-18(23)24/h6-7,12,15H,1-5,8-11,13H2,(H,23,24)/t15-/m1/s1. The van der Waals surface area contributed by atoms with E-state index < -0.39 is 12.1 Å². The van der Waals surface area contributed by atoms with Crippen molar-refractivity contribution in [2.45, 2.75) is 38.2 Å². The summed E-state index contributed by atoms with van der Waals surface area (Å²) >= 11 is 1.89. The Morgan fingerprint density at radius 1 is 1.30 bits per heavy atom. The molecule has 3 rings (SSSR count). The van der Waals surface area contributed by atoms with Gasteiger partial charge in [0, 0.05) is 25.3 Å². The molecule has 2 saturated heterocycles. The Balaban J connectivity index is 1.60. The summed E-state index contributed by atoms with van der Waals surface area (Å²) < 4.78 is 20.0. The second kappa shape index (κ2) is 9.30. The average Bonchev–Trinajstić information content (AvgIpc) is 2.83. The molecule has 1 amide bonds. The highest BCUT2D eigenvalue weighted by molar-refractivity contribution is 7.99. The van der Waals surface area contributed by atoms with Gasteiger partial charge in [-0.15, -0.1) is 0 Å². The predicted octanol–water partition coefficient (Wildman–Crippen LogP) is 3.74. The van der Waals surface area contributed by atoms with Crippen LogP contribution >= 0.6 is 11.8 Å². The molecule has 27 heavy (non-hydrogen) atoms. The zero-order valence-electron chi connectivity index (χ0n) is 15.2. The number of thioether (sulfide) groups is 1. The Bertz CT molecular complexity index is 680. The number of carboxylic acids is 1. The maximum Gasteiger partial charge on any atom is 0.414 e. The van der Waals surface area contributed by atoms with Gasteiger partial charge in [0.2, 0.25) is 0 Å². The van der Waals surface area contributed by atoms with E-state index in [0.717, 1.165) is 31.0 Å². The number of rotatable bonds is 7. The number of carboxylic acid groups (broad SMARTS) is 1. The van der Waals surface area contributed by atoms with Crippen LogP contribution in [0, 0.1) is 5.82 Å². The van der Waals surface area contributed by atoms with Gasteiger partial charge in [-0.2, -0.15) is 11.8 Å². The number of hydrogen-bond donors (Lipinski definition) is 1. The monoisotopic (exact) mass is 396 g/mol. The molecule has 1 aromatic rings. The zero-order chi connectivity index (χ0) is 19.2. The highest BCUT2D eigenvalue weighted by atomic mass is 32.2. The lowest BCUT2D eigenvalue weighted by Gasteiger charge is -2.24. The second-order valence-corrected chi connectivity index (χ2v) is 8.07. The number of unbranched alkanes of at least 4 members (excludes halogenated alkanes) is 1. The Labute approximate surface area is 162 Å². The molecule has 0 spiro atoms. The predicted molar refractivity (Wildman–Crippen MR) is 104 cm³/mol. The minimum Gasteiger partial charge on any atom is -0.481 e. The molecule has 2 fully saturated rings. The number of carbonyl (C=O) groups is 2. The molecule has 0 saturated carbocycles. The Morgan fingerprint density at radius 2 is 2.15 bits per heavy atom. The number of halogens is 1. The SMILES string of the molecule is O=C(O)CCCC[C@@H]1CN(c2ccc(N3CCCSCC3)c(F)c2)C(=O)O1. The van der Waals surface area contributed by atoms with Crippen LogP contribution < -0.4 is 9.80 Å². The summed E-state index contributed by atoms with van der Waals surface area (Å²) in [5.74, 6) is 0.947. The first-order chi connectivity index (χ1) is 13.0. The van der Waals surface area contributed by atoms with E-state index in [1.165, 1.54) is 11.0 Å². The van der Waals surface area contributed by atoms with Crippen LogP contribution in [0.25, 0.3) is 0 Å². The van der Waals surface area contributed by atoms with Crippen LogP contribution in [0.4, 0.5) is 20.6 Å². The van der Waals surface area contributed by atoms with E-state index in [4.69, 9.17) is 9.84 Å². The highest BCUT2D eigenvalue weighted by Gasteiger charge is 2.32. The fourth-order valence-corrected chi connectivity index (χ4v) is 4.32. The van der Waals surface area contributed by atoms with Gasteiger partial charge in [0.1, 0.15) is 11.9 Å². The van der Waals surface area contributed by atoms with Crippen LogP contribution in [0.2, 0.25) is 0 Å². The number of nitrogens with zero attached hydrogens (tertiary/aromatic N) is 2. The zero-order valence-corrected chi connectivity index (χ0v) is 16.0. The van der Waals surface area contributed by atoms with Crippen LogP contribution in [0.5, 0.6) is 0 Å². The van der Waals surface area contributed by atoms with E-state index in [1.54, 1.807) is 12.1 Å². The van der Waals surface area contributed by atoms with Crippen molar-refractivity contribution in [2.24, 2.45) is 0 Å². The van der Waals surface area contributed by atoms with E-state index in [-0.39, 0.29) is 18.3 Å². The molecular weight excluding hydrogens is 371 g/mol. The van der Waals surface area contributed by atoms with Gasteiger partial charge in [-0.1, -0.05) is 0 Å². The van der Waals surface area contributed by atoms with Gasteiger partial charge in [-0.05, 0) is 49.6 Å². The fourth-order valence-electron chi connectivity index (χ4n) is 3.44. The number of hydrogen-bond acceptors (Lipinski definition) is 5. The molecular formula is C19H25FN2O4S. The van der Waals surface area contributed by atoms with Crippen molar-refractivity contribution in [2.75, 3.05) is 40.9 Å². The van der Waals surface area contributed by atoms with Gasteiger partial charge in [0.05, 0.1) is 17.9 Å². The minimum absolute atomic E-state index is 0.117. The van der Waals surface area contributed by atoms with Gasteiger partial charge in [0.15, 0.2) is 0 Å². The summed E-state index contributed by atoms with van der Waals surface area (Å²) in [7, 11) is 0. The molecule has 1 aromatic carbocycles. The van der Waals surface area contributed by atoms with Crippen LogP contribution in [-0.4, -0.2) is 54.4 Å². The van der Waals surface area contributed by atoms with Gasteiger partial charge in [-0.3, -0.25) is 9.69 Å². The van der Waals surface area contributed by atoms with Crippen molar-refractivity contribution in [1.82, 2.24) is 0 Å².